The van der Waals surface area contributed by atoms with E-state index in [1.54, 1.807) is 19.1 Å². The van der Waals surface area contributed by atoms with Crippen LogP contribution in [0.25, 0.3) is 0 Å². The Balaban J connectivity index is 3.19. The maximum atomic E-state index is 11.1. The third-order valence-electron chi connectivity index (χ3n) is 2.06. The van der Waals surface area contributed by atoms with Gasteiger partial charge < -0.3 is 9.84 Å². The molecule has 14 heavy (non-hydrogen) atoms. The molecule has 0 radical (unpaired) electrons. The molecule has 1 N–H and O–H groups in total. The zero-order chi connectivity index (χ0) is 10.7. The van der Waals surface area contributed by atoms with Crippen molar-refractivity contribution in [2.24, 2.45) is 0 Å². The van der Waals surface area contributed by atoms with Gasteiger partial charge >= 0.3 is 0 Å². The van der Waals surface area contributed by atoms with Crippen molar-refractivity contribution in [3.63, 3.8) is 0 Å². The Morgan fingerprint density at radius 1 is 1.50 bits per heavy atom. The first-order valence-electron chi connectivity index (χ1n) is 4.54. The number of carbonyl (C=O) groups is 1. The Morgan fingerprint density at radius 3 is 2.64 bits per heavy atom. The molecule has 0 bridgehead atoms. The Labute approximate surface area is 83.3 Å². The third kappa shape index (κ3) is 1.87. The maximum Gasteiger partial charge on any atom is 0.163 e. The molecule has 3 nitrogen and oxygen atoms in total. The second kappa shape index (κ2) is 4.13. The van der Waals surface area contributed by atoms with Crippen LogP contribution < -0.4 is 4.74 Å². The maximum absolute atomic E-state index is 11.1. The highest BCUT2D eigenvalue weighted by atomic mass is 16.5. The van der Waals surface area contributed by atoms with Gasteiger partial charge in [-0.1, -0.05) is 0 Å². The number of aromatic hydroxyl groups is 1. The molecule has 1 rings (SSSR count). The van der Waals surface area contributed by atoms with Gasteiger partial charge in [-0.2, -0.15) is 0 Å². The summed E-state index contributed by atoms with van der Waals surface area (Å²) in [6.07, 6.45) is 0. The molecular weight excluding hydrogens is 180 g/mol. The van der Waals surface area contributed by atoms with Gasteiger partial charge in [0.1, 0.15) is 11.5 Å². The number of Topliss-reactive ketones (excluding diaryl/α,β-unsaturated/α-hetero) is 1. The summed E-state index contributed by atoms with van der Waals surface area (Å²) in [5.74, 6) is 0.493. The van der Waals surface area contributed by atoms with Crippen LogP contribution in [0.1, 0.15) is 29.8 Å². The molecule has 0 saturated heterocycles. The first kappa shape index (κ1) is 10.6. The number of ketones is 1. The van der Waals surface area contributed by atoms with Gasteiger partial charge in [0, 0.05) is 5.56 Å². The molecule has 0 aliphatic carbocycles. The molecule has 3 heteroatoms. The minimum absolute atomic E-state index is 0.0171. The summed E-state index contributed by atoms with van der Waals surface area (Å²) in [6, 6.07) is 3.28. The van der Waals surface area contributed by atoms with Crippen LogP contribution in [0.4, 0.5) is 0 Å². The van der Waals surface area contributed by atoms with E-state index in [-0.39, 0.29) is 11.5 Å². The fourth-order valence-electron chi connectivity index (χ4n) is 1.28. The molecule has 1 aromatic carbocycles. The van der Waals surface area contributed by atoms with Crippen molar-refractivity contribution in [2.45, 2.75) is 20.8 Å². The minimum atomic E-state index is -0.145. The topological polar surface area (TPSA) is 46.5 Å². The summed E-state index contributed by atoms with van der Waals surface area (Å²) >= 11 is 0. The van der Waals surface area contributed by atoms with E-state index in [0.29, 0.717) is 23.5 Å². The van der Waals surface area contributed by atoms with Crippen molar-refractivity contribution in [2.75, 3.05) is 6.61 Å². The predicted molar refractivity (Wildman–Crippen MR) is 54.0 cm³/mol. The van der Waals surface area contributed by atoms with Crippen molar-refractivity contribution >= 4 is 5.78 Å². The van der Waals surface area contributed by atoms with E-state index in [0.717, 1.165) is 0 Å². The van der Waals surface area contributed by atoms with Crippen LogP contribution in [-0.2, 0) is 0 Å². The van der Waals surface area contributed by atoms with E-state index in [2.05, 4.69) is 0 Å². The second-order valence-corrected chi connectivity index (χ2v) is 3.07. The van der Waals surface area contributed by atoms with Crippen LogP contribution >= 0.6 is 0 Å². The van der Waals surface area contributed by atoms with Gasteiger partial charge in [-0.3, -0.25) is 4.79 Å². The highest BCUT2D eigenvalue weighted by Gasteiger charge is 2.12. The molecule has 0 heterocycles. The van der Waals surface area contributed by atoms with E-state index in [1.165, 1.54) is 6.92 Å². The molecule has 0 spiro atoms. The number of ether oxygens (including phenoxy) is 1. The van der Waals surface area contributed by atoms with Gasteiger partial charge in [-0.15, -0.1) is 0 Å². The fraction of sp³-hybridized carbons (Fsp3) is 0.364. The first-order valence-corrected chi connectivity index (χ1v) is 4.54. The molecular formula is C11H14O3. The van der Waals surface area contributed by atoms with Crippen LogP contribution in [0.5, 0.6) is 11.5 Å². The molecule has 0 atom stereocenters. The average Bonchev–Trinajstić information content (AvgIpc) is 2.13. The van der Waals surface area contributed by atoms with Crippen molar-refractivity contribution < 1.29 is 14.6 Å². The number of phenols is 1. The lowest BCUT2D eigenvalue weighted by Crippen LogP contribution is -1.98. The largest absolute Gasteiger partial charge is 0.507 e. The molecule has 0 aliphatic heterocycles. The van der Waals surface area contributed by atoms with Crippen LogP contribution in [0, 0.1) is 6.92 Å². The number of hydrogen-bond acceptors (Lipinski definition) is 3. The van der Waals surface area contributed by atoms with Crippen LogP contribution in [0.15, 0.2) is 12.1 Å². The van der Waals surface area contributed by atoms with Crippen molar-refractivity contribution in [3.05, 3.63) is 23.3 Å². The van der Waals surface area contributed by atoms with Gasteiger partial charge in [-0.05, 0) is 32.9 Å². The molecule has 0 fully saturated rings. The highest BCUT2D eigenvalue weighted by Crippen LogP contribution is 2.30. The lowest BCUT2D eigenvalue weighted by molar-refractivity contribution is 0.101. The number of hydrogen-bond donors (Lipinski definition) is 1. The van der Waals surface area contributed by atoms with Gasteiger partial charge in [0.15, 0.2) is 5.78 Å². The average molecular weight is 194 g/mol. The van der Waals surface area contributed by atoms with Crippen molar-refractivity contribution in [1.82, 2.24) is 0 Å². The van der Waals surface area contributed by atoms with E-state index in [9.17, 15) is 9.90 Å². The van der Waals surface area contributed by atoms with E-state index in [1.807, 2.05) is 6.92 Å². The number of carbonyl (C=O) groups excluding carboxylic acids is 1. The highest BCUT2D eigenvalue weighted by molar-refractivity contribution is 5.97. The molecule has 76 valence electrons. The van der Waals surface area contributed by atoms with E-state index >= 15 is 0 Å². The number of rotatable bonds is 3. The van der Waals surface area contributed by atoms with Crippen LogP contribution in [0.3, 0.4) is 0 Å². The Morgan fingerprint density at radius 2 is 2.14 bits per heavy atom. The van der Waals surface area contributed by atoms with Crippen LogP contribution in [0.2, 0.25) is 0 Å². The Kier molecular flexibility index (Phi) is 3.12. The monoisotopic (exact) mass is 194 g/mol. The standard InChI is InChI=1S/C11H14O3/c1-4-14-10-6-5-9(8(3)12)11(13)7(10)2/h5-6,13H,4H2,1-3H3. The second-order valence-electron chi connectivity index (χ2n) is 3.07. The van der Waals surface area contributed by atoms with Crippen molar-refractivity contribution in [3.8, 4) is 11.5 Å². The summed E-state index contributed by atoms with van der Waals surface area (Å²) in [5, 5.41) is 9.67. The quantitative estimate of drug-likeness (QED) is 0.751. The molecule has 0 unspecified atom stereocenters. The SMILES string of the molecule is CCOc1ccc(C(C)=O)c(O)c1C. The molecule has 0 aromatic heterocycles. The van der Waals surface area contributed by atoms with Crippen LogP contribution in [-0.4, -0.2) is 17.5 Å². The van der Waals surface area contributed by atoms with Gasteiger partial charge in [0.2, 0.25) is 0 Å². The lowest BCUT2D eigenvalue weighted by atomic mass is 10.1. The van der Waals surface area contributed by atoms with Gasteiger partial charge in [0.25, 0.3) is 0 Å². The first-order chi connectivity index (χ1) is 6.57. The lowest BCUT2D eigenvalue weighted by Gasteiger charge is -2.10. The molecule has 0 saturated carbocycles. The van der Waals surface area contributed by atoms with Gasteiger partial charge in [-0.25, -0.2) is 0 Å². The smallest absolute Gasteiger partial charge is 0.163 e. The Hall–Kier alpha value is -1.51. The molecule has 0 aliphatic rings. The molecule has 1 aromatic rings. The molecule has 0 amide bonds. The Bertz CT molecular complexity index is 356. The normalized spacial score (nSPS) is 9.93. The summed E-state index contributed by atoms with van der Waals surface area (Å²) in [7, 11) is 0. The fourth-order valence-corrected chi connectivity index (χ4v) is 1.28. The number of benzene rings is 1. The summed E-state index contributed by atoms with van der Waals surface area (Å²) in [5.41, 5.74) is 0.950. The minimum Gasteiger partial charge on any atom is -0.507 e. The zero-order valence-corrected chi connectivity index (χ0v) is 8.63. The number of phenolic OH excluding ortho intramolecular Hbond substituents is 1. The van der Waals surface area contributed by atoms with Crippen molar-refractivity contribution in [1.29, 1.82) is 0 Å². The van der Waals surface area contributed by atoms with E-state index in [4.69, 9.17) is 4.74 Å². The third-order valence-corrected chi connectivity index (χ3v) is 2.06. The van der Waals surface area contributed by atoms with E-state index < -0.39 is 0 Å². The van der Waals surface area contributed by atoms with Gasteiger partial charge in [0.05, 0.1) is 12.2 Å². The predicted octanol–water partition coefficient (Wildman–Crippen LogP) is 2.30. The zero-order valence-electron chi connectivity index (χ0n) is 8.63. The summed E-state index contributed by atoms with van der Waals surface area (Å²) < 4.78 is 5.28. The summed E-state index contributed by atoms with van der Waals surface area (Å²) in [6.45, 7) is 5.57. The summed E-state index contributed by atoms with van der Waals surface area (Å²) in [4.78, 5) is 11.1.